The van der Waals surface area contributed by atoms with Crippen LogP contribution in [-0.4, -0.2) is 23.7 Å². The van der Waals surface area contributed by atoms with Crippen molar-refractivity contribution in [2.75, 3.05) is 0 Å². The first-order chi connectivity index (χ1) is 11.9. The normalized spacial score (nSPS) is 15.9. The van der Waals surface area contributed by atoms with Gasteiger partial charge in [0.1, 0.15) is 0 Å². The van der Waals surface area contributed by atoms with Crippen LogP contribution >= 0.6 is 0 Å². The molecule has 0 aromatic heterocycles. The van der Waals surface area contributed by atoms with E-state index in [-0.39, 0.29) is 23.2 Å². The molecule has 0 amide bonds. The highest BCUT2D eigenvalue weighted by atomic mass is 32.2. The second kappa shape index (κ2) is 6.93. The van der Waals surface area contributed by atoms with Crippen LogP contribution in [0.5, 0.6) is 0 Å². The standard InChI is InChI=1S/C18H20N2O4S/c1-14(16-11-12-16)19(13-15-7-3-2-4-8-15)25(23,24)18-10-6-5-9-17(18)20(21)22/h2-10,14,16H,11-13H2,1H3. The van der Waals surface area contributed by atoms with Gasteiger partial charge >= 0.3 is 0 Å². The Hall–Kier alpha value is -2.25. The summed E-state index contributed by atoms with van der Waals surface area (Å²) in [5.41, 5.74) is 0.473. The van der Waals surface area contributed by atoms with E-state index in [1.807, 2.05) is 37.3 Å². The van der Waals surface area contributed by atoms with Crippen molar-refractivity contribution in [2.45, 2.75) is 37.2 Å². The molecule has 1 aliphatic carbocycles. The molecule has 25 heavy (non-hydrogen) atoms. The quantitative estimate of drug-likeness (QED) is 0.558. The zero-order valence-electron chi connectivity index (χ0n) is 13.9. The summed E-state index contributed by atoms with van der Waals surface area (Å²) in [6.45, 7) is 2.08. The zero-order chi connectivity index (χ0) is 18.0. The van der Waals surface area contributed by atoms with E-state index in [9.17, 15) is 18.5 Å². The van der Waals surface area contributed by atoms with Gasteiger partial charge < -0.3 is 0 Å². The Balaban J connectivity index is 2.04. The fourth-order valence-corrected chi connectivity index (χ4v) is 4.82. The number of nitro groups is 1. The molecular weight excluding hydrogens is 340 g/mol. The van der Waals surface area contributed by atoms with E-state index in [1.54, 1.807) is 0 Å². The number of sulfonamides is 1. The largest absolute Gasteiger partial charge is 0.289 e. The fourth-order valence-electron chi connectivity index (χ4n) is 2.98. The maximum absolute atomic E-state index is 13.3. The van der Waals surface area contributed by atoms with Gasteiger partial charge in [-0.05, 0) is 37.3 Å². The molecule has 0 spiro atoms. The first kappa shape index (κ1) is 17.6. The van der Waals surface area contributed by atoms with E-state index in [2.05, 4.69) is 0 Å². The zero-order valence-corrected chi connectivity index (χ0v) is 14.7. The minimum atomic E-state index is -3.99. The van der Waals surface area contributed by atoms with Gasteiger partial charge in [0.2, 0.25) is 10.0 Å². The number of nitrogens with zero attached hydrogens (tertiary/aromatic N) is 2. The highest BCUT2D eigenvalue weighted by molar-refractivity contribution is 7.89. The summed E-state index contributed by atoms with van der Waals surface area (Å²) in [6, 6.07) is 14.6. The summed E-state index contributed by atoms with van der Waals surface area (Å²) in [4.78, 5) is 10.4. The first-order valence-electron chi connectivity index (χ1n) is 8.20. The van der Waals surface area contributed by atoms with Crippen LogP contribution in [0.1, 0.15) is 25.3 Å². The topological polar surface area (TPSA) is 80.5 Å². The van der Waals surface area contributed by atoms with Crippen molar-refractivity contribution in [1.29, 1.82) is 0 Å². The minimum absolute atomic E-state index is 0.201. The van der Waals surface area contributed by atoms with Gasteiger partial charge in [0.05, 0.1) is 4.92 Å². The smallest absolute Gasteiger partial charge is 0.258 e. The highest BCUT2D eigenvalue weighted by Crippen LogP contribution is 2.39. The molecule has 1 aliphatic rings. The van der Waals surface area contributed by atoms with Gasteiger partial charge in [-0.2, -0.15) is 4.31 Å². The molecule has 7 heteroatoms. The van der Waals surface area contributed by atoms with Gasteiger partial charge in [-0.1, -0.05) is 42.5 Å². The number of nitro benzene ring substituents is 1. The molecule has 2 aromatic rings. The van der Waals surface area contributed by atoms with Crippen LogP contribution in [-0.2, 0) is 16.6 Å². The molecule has 0 heterocycles. The Morgan fingerprint density at radius 1 is 1.12 bits per heavy atom. The molecule has 0 aliphatic heterocycles. The van der Waals surface area contributed by atoms with Crippen molar-refractivity contribution in [2.24, 2.45) is 5.92 Å². The Morgan fingerprint density at radius 2 is 1.72 bits per heavy atom. The third-order valence-corrected chi connectivity index (χ3v) is 6.57. The fraction of sp³-hybridized carbons (Fsp3) is 0.333. The number of para-hydroxylation sites is 1. The van der Waals surface area contributed by atoms with Crippen molar-refractivity contribution >= 4 is 15.7 Å². The summed E-state index contributed by atoms with van der Waals surface area (Å²) >= 11 is 0. The number of benzene rings is 2. The molecule has 1 atom stereocenters. The maximum Gasteiger partial charge on any atom is 0.289 e. The average molecular weight is 360 g/mol. The third kappa shape index (κ3) is 3.72. The molecule has 132 valence electrons. The monoisotopic (exact) mass is 360 g/mol. The van der Waals surface area contributed by atoms with Crippen LogP contribution in [0.25, 0.3) is 0 Å². The van der Waals surface area contributed by atoms with Gasteiger partial charge in [-0.25, -0.2) is 8.42 Å². The highest BCUT2D eigenvalue weighted by Gasteiger charge is 2.40. The van der Waals surface area contributed by atoms with Crippen LogP contribution < -0.4 is 0 Å². The average Bonchev–Trinajstić information content (AvgIpc) is 3.45. The minimum Gasteiger partial charge on any atom is -0.258 e. The summed E-state index contributed by atoms with van der Waals surface area (Å²) in [6.07, 6.45) is 1.97. The maximum atomic E-state index is 13.3. The van der Waals surface area contributed by atoms with E-state index in [0.717, 1.165) is 18.4 Å². The molecule has 2 aromatic carbocycles. The van der Waals surface area contributed by atoms with Crippen molar-refractivity contribution < 1.29 is 13.3 Å². The van der Waals surface area contributed by atoms with E-state index in [1.165, 1.54) is 28.6 Å². The van der Waals surface area contributed by atoms with E-state index in [4.69, 9.17) is 0 Å². The van der Waals surface area contributed by atoms with Crippen molar-refractivity contribution in [3.8, 4) is 0 Å². The van der Waals surface area contributed by atoms with Gasteiger partial charge in [0.25, 0.3) is 5.69 Å². The van der Waals surface area contributed by atoms with Gasteiger partial charge in [-0.15, -0.1) is 0 Å². The molecular formula is C18H20N2O4S. The van der Waals surface area contributed by atoms with E-state index < -0.39 is 14.9 Å². The van der Waals surface area contributed by atoms with Crippen LogP contribution in [0.15, 0.2) is 59.5 Å². The van der Waals surface area contributed by atoms with Crippen LogP contribution in [0.4, 0.5) is 5.69 Å². The predicted octanol–water partition coefficient (Wildman–Crippen LogP) is 3.58. The Labute approximate surface area is 147 Å². The molecule has 6 nitrogen and oxygen atoms in total. The van der Waals surface area contributed by atoms with Crippen LogP contribution in [0.2, 0.25) is 0 Å². The number of rotatable bonds is 7. The van der Waals surface area contributed by atoms with E-state index >= 15 is 0 Å². The molecule has 3 rings (SSSR count). The molecule has 1 unspecified atom stereocenters. The van der Waals surface area contributed by atoms with Gasteiger partial charge in [-0.3, -0.25) is 10.1 Å². The molecule has 1 saturated carbocycles. The molecule has 0 N–H and O–H groups in total. The summed E-state index contributed by atoms with van der Waals surface area (Å²) < 4.78 is 27.9. The molecule has 0 bridgehead atoms. The summed E-state index contributed by atoms with van der Waals surface area (Å²) in [5, 5.41) is 11.3. The molecule has 0 saturated heterocycles. The van der Waals surface area contributed by atoms with Crippen LogP contribution in [0, 0.1) is 16.0 Å². The van der Waals surface area contributed by atoms with Crippen LogP contribution in [0.3, 0.4) is 0 Å². The van der Waals surface area contributed by atoms with Crippen molar-refractivity contribution in [3.05, 3.63) is 70.3 Å². The Kier molecular flexibility index (Phi) is 4.87. The van der Waals surface area contributed by atoms with Gasteiger partial charge in [0, 0.05) is 18.7 Å². The lowest BCUT2D eigenvalue weighted by molar-refractivity contribution is -0.387. The van der Waals surface area contributed by atoms with Crippen molar-refractivity contribution in [3.63, 3.8) is 0 Å². The number of hydrogen-bond acceptors (Lipinski definition) is 4. The lowest BCUT2D eigenvalue weighted by Crippen LogP contribution is -2.39. The lowest BCUT2D eigenvalue weighted by atomic mass is 10.2. The molecule has 0 radical (unpaired) electrons. The van der Waals surface area contributed by atoms with Crippen molar-refractivity contribution in [1.82, 2.24) is 4.31 Å². The Bertz CT molecular complexity index is 864. The first-order valence-corrected chi connectivity index (χ1v) is 9.64. The third-order valence-electron chi connectivity index (χ3n) is 4.59. The Morgan fingerprint density at radius 3 is 2.32 bits per heavy atom. The van der Waals surface area contributed by atoms with E-state index in [0.29, 0.717) is 5.92 Å². The second-order valence-electron chi connectivity index (χ2n) is 6.34. The molecule has 1 fully saturated rings. The van der Waals surface area contributed by atoms with Gasteiger partial charge in [0.15, 0.2) is 4.90 Å². The SMILES string of the molecule is CC(C1CC1)N(Cc1ccccc1)S(=O)(=O)c1ccccc1[N+](=O)[O-]. The predicted molar refractivity (Wildman–Crippen MR) is 94.5 cm³/mol. The summed E-state index contributed by atoms with van der Waals surface area (Å²) in [5.74, 6) is 0.307. The lowest BCUT2D eigenvalue weighted by Gasteiger charge is -2.28. The second-order valence-corrected chi connectivity index (χ2v) is 8.20. The summed E-state index contributed by atoms with van der Waals surface area (Å²) in [7, 11) is -3.99. The number of hydrogen-bond donors (Lipinski definition) is 0.